The van der Waals surface area contributed by atoms with E-state index in [9.17, 15) is 4.79 Å². The smallest absolute Gasteiger partial charge is 0.307 e. The number of ether oxygens (including phenoxy) is 1. The van der Waals surface area contributed by atoms with Gasteiger partial charge in [0.1, 0.15) is 5.75 Å². The minimum Gasteiger partial charge on any atom is -0.493 e. The van der Waals surface area contributed by atoms with Gasteiger partial charge in [0.2, 0.25) is 0 Å². The van der Waals surface area contributed by atoms with Gasteiger partial charge in [0, 0.05) is 47.7 Å². The molecule has 0 aliphatic rings. The van der Waals surface area contributed by atoms with Gasteiger partial charge in [0.05, 0.1) is 13.0 Å². The molecule has 0 fully saturated rings. The lowest BCUT2D eigenvalue weighted by atomic mass is 10.1. The lowest BCUT2D eigenvalue weighted by Crippen LogP contribution is -2.05. The molecule has 8 nitrogen and oxygen atoms in total. The van der Waals surface area contributed by atoms with Crippen LogP contribution in [0.25, 0.3) is 11.4 Å². The zero-order chi connectivity index (χ0) is 24.6. The first-order valence-electron chi connectivity index (χ1n) is 11.3. The van der Waals surface area contributed by atoms with Crippen LogP contribution in [0.5, 0.6) is 5.75 Å². The number of carboxylic acid groups (broad SMARTS) is 1. The van der Waals surface area contributed by atoms with Crippen molar-refractivity contribution in [1.29, 1.82) is 0 Å². The van der Waals surface area contributed by atoms with E-state index >= 15 is 0 Å². The summed E-state index contributed by atoms with van der Waals surface area (Å²) in [5.41, 5.74) is 3.69. The Balaban J connectivity index is 1.48. The first-order chi connectivity index (χ1) is 17.0. The number of rotatable bonds is 11. The van der Waals surface area contributed by atoms with E-state index in [1.807, 2.05) is 54.1 Å². The second kappa shape index (κ2) is 11.5. The lowest BCUT2D eigenvalue weighted by Gasteiger charge is -2.14. The molecule has 0 saturated heterocycles. The zero-order valence-corrected chi connectivity index (χ0v) is 20.5. The molecule has 2 aromatic carbocycles. The van der Waals surface area contributed by atoms with Gasteiger partial charge in [-0.15, -0.1) is 10.2 Å². The molecule has 2 N–H and O–H groups in total. The van der Waals surface area contributed by atoms with Crippen LogP contribution in [0.3, 0.4) is 0 Å². The first-order valence-corrected chi connectivity index (χ1v) is 12.1. The van der Waals surface area contributed by atoms with Gasteiger partial charge in [-0.3, -0.25) is 9.78 Å². The fourth-order valence-electron chi connectivity index (χ4n) is 3.46. The molecule has 0 amide bonds. The molecule has 0 aliphatic carbocycles. The molecule has 0 unspecified atom stereocenters. The topological polar surface area (TPSA) is 102 Å². The van der Waals surface area contributed by atoms with E-state index in [0.717, 1.165) is 50.4 Å². The van der Waals surface area contributed by atoms with Gasteiger partial charge < -0.3 is 19.7 Å². The highest BCUT2D eigenvalue weighted by Gasteiger charge is 2.14. The molecule has 0 aliphatic heterocycles. The van der Waals surface area contributed by atoms with Crippen molar-refractivity contribution < 1.29 is 14.6 Å². The van der Waals surface area contributed by atoms with E-state index in [1.54, 1.807) is 12.4 Å². The summed E-state index contributed by atoms with van der Waals surface area (Å²) < 4.78 is 8.02. The summed E-state index contributed by atoms with van der Waals surface area (Å²) in [6.45, 7) is 3.29. The first kappa shape index (κ1) is 24.3. The molecule has 180 valence electrons. The van der Waals surface area contributed by atoms with Crippen molar-refractivity contribution in [3.8, 4) is 17.1 Å². The maximum absolute atomic E-state index is 10.9. The maximum Gasteiger partial charge on any atom is 0.307 e. The normalized spacial score (nSPS) is 10.8. The number of carboxylic acids is 1. The molecule has 0 spiro atoms. The molecule has 4 aromatic rings. The second-order valence-electron chi connectivity index (χ2n) is 7.94. The Morgan fingerprint density at radius 1 is 1.09 bits per heavy atom. The third-order valence-corrected chi connectivity index (χ3v) is 6.30. The molecule has 0 atom stereocenters. The third-order valence-electron chi connectivity index (χ3n) is 5.28. The van der Waals surface area contributed by atoms with E-state index in [0.29, 0.717) is 13.2 Å². The third kappa shape index (κ3) is 6.39. The minimum absolute atomic E-state index is 0.0178. The number of hydrogen-bond acceptors (Lipinski definition) is 7. The summed E-state index contributed by atoms with van der Waals surface area (Å²) in [5.74, 6) is 0.771. The van der Waals surface area contributed by atoms with Crippen LogP contribution in [0.2, 0.25) is 0 Å². The van der Waals surface area contributed by atoms with E-state index in [-0.39, 0.29) is 6.42 Å². The van der Waals surface area contributed by atoms with Crippen LogP contribution in [0, 0.1) is 0 Å². The Hall–Kier alpha value is -3.85. The lowest BCUT2D eigenvalue weighted by molar-refractivity contribution is -0.136. The van der Waals surface area contributed by atoms with Crippen molar-refractivity contribution in [1.82, 2.24) is 19.7 Å². The fraction of sp³-hybridized carbons (Fsp3) is 0.231. The van der Waals surface area contributed by atoms with Crippen LogP contribution < -0.4 is 10.1 Å². The largest absolute Gasteiger partial charge is 0.493 e. The SMILES string of the molecule is CCCOc1cc(Sc2nnc(-c3ccncc3)n2C)ccc1CNc1ccc(CC(=O)O)cc1. The van der Waals surface area contributed by atoms with E-state index in [2.05, 4.69) is 39.6 Å². The van der Waals surface area contributed by atoms with Crippen LogP contribution in [-0.2, 0) is 24.8 Å². The van der Waals surface area contributed by atoms with E-state index < -0.39 is 5.97 Å². The predicted octanol–water partition coefficient (Wildman–Crippen LogP) is 5.06. The minimum atomic E-state index is -0.837. The molecule has 4 rings (SSSR count). The number of aromatic nitrogens is 4. The van der Waals surface area contributed by atoms with Gasteiger partial charge in [0.15, 0.2) is 11.0 Å². The Bertz CT molecular complexity index is 1280. The van der Waals surface area contributed by atoms with Crippen molar-refractivity contribution in [2.75, 3.05) is 11.9 Å². The summed E-state index contributed by atoms with van der Waals surface area (Å²) in [4.78, 5) is 15.9. The molecule has 9 heteroatoms. The number of carbonyl (C=O) groups is 1. The molecule has 35 heavy (non-hydrogen) atoms. The van der Waals surface area contributed by atoms with E-state index in [4.69, 9.17) is 9.84 Å². The molecule has 2 heterocycles. The average Bonchev–Trinajstić information content (AvgIpc) is 3.23. The van der Waals surface area contributed by atoms with Crippen molar-refractivity contribution in [3.63, 3.8) is 0 Å². The van der Waals surface area contributed by atoms with Crippen molar-refractivity contribution in [2.45, 2.75) is 36.4 Å². The number of anilines is 1. The number of aliphatic carboxylic acids is 1. The molecule has 0 saturated carbocycles. The van der Waals surface area contributed by atoms with Gasteiger partial charge in [-0.05, 0) is 60.1 Å². The highest BCUT2D eigenvalue weighted by atomic mass is 32.2. The van der Waals surface area contributed by atoms with E-state index in [1.165, 1.54) is 11.8 Å². The number of hydrogen-bond donors (Lipinski definition) is 2. The fourth-order valence-corrected chi connectivity index (χ4v) is 4.28. The molecule has 0 radical (unpaired) electrons. The molecular weight excluding hydrogens is 462 g/mol. The number of benzene rings is 2. The van der Waals surface area contributed by atoms with Gasteiger partial charge in [0.25, 0.3) is 0 Å². The van der Waals surface area contributed by atoms with Crippen LogP contribution in [0.4, 0.5) is 5.69 Å². The Kier molecular flexibility index (Phi) is 7.99. The monoisotopic (exact) mass is 489 g/mol. The van der Waals surface area contributed by atoms with Gasteiger partial charge in [-0.1, -0.05) is 25.1 Å². The average molecular weight is 490 g/mol. The predicted molar refractivity (Wildman–Crippen MR) is 136 cm³/mol. The van der Waals surface area contributed by atoms with Crippen molar-refractivity contribution in [3.05, 3.63) is 78.1 Å². The van der Waals surface area contributed by atoms with Gasteiger partial charge in [-0.2, -0.15) is 0 Å². The Labute approximate surface area is 208 Å². The molecule has 0 bridgehead atoms. The molecular formula is C26H27N5O3S. The Morgan fingerprint density at radius 2 is 1.86 bits per heavy atom. The zero-order valence-electron chi connectivity index (χ0n) is 19.6. The highest BCUT2D eigenvalue weighted by molar-refractivity contribution is 7.99. The van der Waals surface area contributed by atoms with Crippen LogP contribution in [0.15, 0.2) is 77.0 Å². The second-order valence-corrected chi connectivity index (χ2v) is 8.98. The van der Waals surface area contributed by atoms with Crippen molar-refractivity contribution >= 4 is 23.4 Å². The summed E-state index contributed by atoms with van der Waals surface area (Å²) >= 11 is 1.53. The maximum atomic E-state index is 10.9. The van der Waals surface area contributed by atoms with Crippen molar-refractivity contribution in [2.24, 2.45) is 7.05 Å². The Morgan fingerprint density at radius 3 is 2.57 bits per heavy atom. The van der Waals surface area contributed by atoms with Crippen LogP contribution >= 0.6 is 11.8 Å². The number of pyridine rings is 1. The number of nitrogens with one attached hydrogen (secondary N) is 1. The standard InChI is InChI=1S/C26H27N5O3S/c1-3-14-34-23-16-22(35-26-30-29-25(31(26)2)19-10-12-27-13-11-19)9-6-20(23)17-28-21-7-4-18(5-8-21)15-24(32)33/h4-13,16,28H,3,14-15,17H2,1-2H3,(H,32,33). The molecule has 2 aromatic heterocycles. The summed E-state index contributed by atoms with van der Waals surface area (Å²) in [5, 5.41) is 21.8. The summed E-state index contributed by atoms with van der Waals surface area (Å²) in [6, 6.07) is 17.4. The van der Waals surface area contributed by atoms with Crippen LogP contribution in [-0.4, -0.2) is 37.4 Å². The van der Waals surface area contributed by atoms with Crippen LogP contribution in [0.1, 0.15) is 24.5 Å². The van der Waals surface area contributed by atoms with Gasteiger partial charge >= 0.3 is 5.97 Å². The highest BCUT2D eigenvalue weighted by Crippen LogP contribution is 2.33. The number of nitrogens with zero attached hydrogens (tertiary/aromatic N) is 4. The van der Waals surface area contributed by atoms with Gasteiger partial charge in [-0.25, -0.2) is 0 Å². The summed E-state index contributed by atoms with van der Waals surface area (Å²) in [7, 11) is 1.95. The quantitative estimate of drug-likeness (QED) is 0.302. The summed E-state index contributed by atoms with van der Waals surface area (Å²) in [6.07, 6.45) is 4.41.